The van der Waals surface area contributed by atoms with Gasteiger partial charge in [-0.25, -0.2) is 0 Å². The van der Waals surface area contributed by atoms with Crippen molar-refractivity contribution in [1.29, 1.82) is 0 Å². The Hall–Kier alpha value is -1.68. The van der Waals surface area contributed by atoms with Crippen LogP contribution in [0.5, 0.6) is 0 Å². The van der Waals surface area contributed by atoms with E-state index in [0.717, 1.165) is 5.56 Å². The predicted molar refractivity (Wildman–Crippen MR) is 66.3 cm³/mol. The van der Waals surface area contributed by atoms with E-state index in [-0.39, 0.29) is 6.04 Å². The lowest BCUT2D eigenvalue weighted by molar-refractivity contribution is 0.353. The molecule has 2 aromatic rings. The zero-order chi connectivity index (χ0) is 12.3. The molecule has 0 saturated heterocycles. The summed E-state index contributed by atoms with van der Waals surface area (Å²) < 4.78 is 5.20. The monoisotopic (exact) mass is 231 g/mol. The van der Waals surface area contributed by atoms with Crippen molar-refractivity contribution in [1.82, 2.24) is 10.1 Å². The number of nitrogens with zero attached hydrogens (tertiary/aromatic N) is 2. The Morgan fingerprint density at radius 2 is 1.94 bits per heavy atom. The van der Waals surface area contributed by atoms with Crippen LogP contribution in [0.1, 0.15) is 19.7 Å². The summed E-state index contributed by atoms with van der Waals surface area (Å²) in [5.41, 5.74) is 6.93. The van der Waals surface area contributed by atoms with Gasteiger partial charge in [-0.05, 0) is 5.92 Å². The van der Waals surface area contributed by atoms with Crippen molar-refractivity contribution < 1.29 is 4.52 Å². The largest absolute Gasteiger partial charge is 0.339 e. The molecule has 0 spiro atoms. The van der Waals surface area contributed by atoms with Crippen LogP contribution in [0.3, 0.4) is 0 Å². The third-order valence-corrected chi connectivity index (χ3v) is 2.77. The molecule has 1 heterocycles. The minimum atomic E-state index is 0.0547. The summed E-state index contributed by atoms with van der Waals surface area (Å²) >= 11 is 0. The fourth-order valence-electron chi connectivity index (χ4n) is 1.48. The van der Waals surface area contributed by atoms with Crippen LogP contribution in [0.2, 0.25) is 0 Å². The van der Waals surface area contributed by atoms with Crippen molar-refractivity contribution in [2.24, 2.45) is 11.7 Å². The fraction of sp³-hybridized carbons (Fsp3) is 0.385. The van der Waals surface area contributed by atoms with Gasteiger partial charge < -0.3 is 10.3 Å². The summed E-state index contributed by atoms with van der Waals surface area (Å²) in [4.78, 5) is 4.35. The molecule has 1 aromatic heterocycles. The Balaban J connectivity index is 2.12. The molecule has 0 bridgehead atoms. The highest BCUT2D eigenvalue weighted by atomic mass is 16.5. The molecule has 1 aromatic carbocycles. The first-order valence-corrected chi connectivity index (χ1v) is 5.80. The molecule has 17 heavy (non-hydrogen) atoms. The second-order valence-electron chi connectivity index (χ2n) is 4.49. The van der Waals surface area contributed by atoms with Crippen LogP contribution in [0.25, 0.3) is 11.4 Å². The lowest BCUT2D eigenvalue weighted by atomic mass is 10.0. The van der Waals surface area contributed by atoms with Crippen molar-refractivity contribution in [3.63, 3.8) is 0 Å². The zero-order valence-electron chi connectivity index (χ0n) is 10.1. The van der Waals surface area contributed by atoms with Crippen LogP contribution in [0.4, 0.5) is 0 Å². The third kappa shape index (κ3) is 2.91. The van der Waals surface area contributed by atoms with E-state index < -0.39 is 0 Å². The molecular formula is C13H17N3O. The summed E-state index contributed by atoms with van der Waals surface area (Å²) in [6.45, 7) is 4.16. The van der Waals surface area contributed by atoms with Crippen LogP contribution in [0.15, 0.2) is 34.9 Å². The van der Waals surface area contributed by atoms with Crippen molar-refractivity contribution in [2.45, 2.75) is 26.3 Å². The Morgan fingerprint density at radius 3 is 2.59 bits per heavy atom. The van der Waals surface area contributed by atoms with E-state index in [1.807, 2.05) is 30.3 Å². The first-order chi connectivity index (χ1) is 8.16. The predicted octanol–water partition coefficient (Wildman–Crippen LogP) is 2.26. The third-order valence-electron chi connectivity index (χ3n) is 2.77. The summed E-state index contributed by atoms with van der Waals surface area (Å²) in [5, 5.41) is 3.96. The van der Waals surface area contributed by atoms with Gasteiger partial charge in [0.1, 0.15) is 0 Å². The highest BCUT2D eigenvalue weighted by molar-refractivity contribution is 5.53. The number of hydrogen-bond acceptors (Lipinski definition) is 4. The molecule has 0 fully saturated rings. The Kier molecular flexibility index (Phi) is 3.54. The van der Waals surface area contributed by atoms with Gasteiger partial charge in [-0.3, -0.25) is 0 Å². The molecule has 0 amide bonds. The van der Waals surface area contributed by atoms with E-state index in [4.69, 9.17) is 10.3 Å². The summed E-state index contributed by atoms with van der Waals surface area (Å²) in [5.74, 6) is 1.63. The van der Waals surface area contributed by atoms with Crippen LogP contribution < -0.4 is 5.73 Å². The minimum absolute atomic E-state index is 0.0547. The molecule has 0 aliphatic heterocycles. The normalized spacial score (nSPS) is 12.9. The first-order valence-electron chi connectivity index (χ1n) is 5.80. The Bertz CT molecular complexity index is 465. The Morgan fingerprint density at radius 1 is 1.24 bits per heavy atom. The van der Waals surface area contributed by atoms with Gasteiger partial charge in [0.05, 0.1) is 0 Å². The van der Waals surface area contributed by atoms with Gasteiger partial charge in [-0.15, -0.1) is 0 Å². The molecule has 90 valence electrons. The van der Waals surface area contributed by atoms with Crippen molar-refractivity contribution in [3.8, 4) is 11.4 Å². The highest BCUT2D eigenvalue weighted by Gasteiger charge is 2.14. The average molecular weight is 231 g/mol. The minimum Gasteiger partial charge on any atom is -0.339 e. The van der Waals surface area contributed by atoms with Gasteiger partial charge in [0.25, 0.3) is 0 Å². The highest BCUT2D eigenvalue weighted by Crippen LogP contribution is 2.16. The number of hydrogen-bond donors (Lipinski definition) is 1. The second kappa shape index (κ2) is 5.10. The fourth-order valence-corrected chi connectivity index (χ4v) is 1.48. The molecule has 4 nitrogen and oxygen atoms in total. The summed E-state index contributed by atoms with van der Waals surface area (Å²) in [6.07, 6.45) is 0.623. The van der Waals surface area contributed by atoms with Crippen molar-refractivity contribution in [2.75, 3.05) is 0 Å². The SMILES string of the molecule is CC(C)C(N)Cc1nc(-c2ccccc2)no1. The molecule has 4 heteroatoms. The average Bonchev–Trinajstić information content (AvgIpc) is 2.78. The number of rotatable bonds is 4. The summed E-state index contributed by atoms with van der Waals surface area (Å²) in [7, 11) is 0. The van der Waals surface area contributed by atoms with Gasteiger partial charge in [-0.2, -0.15) is 4.98 Å². The molecule has 0 aliphatic carbocycles. The van der Waals surface area contributed by atoms with Crippen LogP contribution in [-0.4, -0.2) is 16.2 Å². The van der Waals surface area contributed by atoms with E-state index in [0.29, 0.717) is 24.1 Å². The molecule has 0 saturated carbocycles. The van der Waals surface area contributed by atoms with E-state index >= 15 is 0 Å². The molecular weight excluding hydrogens is 214 g/mol. The maximum atomic E-state index is 5.97. The number of benzene rings is 1. The van der Waals surface area contributed by atoms with E-state index in [1.165, 1.54) is 0 Å². The second-order valence-corrected chi connectivity index (χ2v) is 4.49. The lowest BCUT2D eigenvalue weighted by Gasteiger charge is -2.11. The van der Waals surface area contributed by atoms with Gasteiger partial charge in [0.15, 0.2) is 0 Å². The summed E-state index contributed by atoms with van der Waals surface area (Å²) in [6, 6.07) is 9.82. The molecule has 0 aliphatic rings. The maximum Gasteiger partial charge on any atom is 0.228 e. The molecule has 0 radical (unpaired) electrons. The molecule has 1 atom stereocenters. The van der Waals surface area contributed by atoms with Crippen LogP contribution in [0, 0.1) is 5.92 Å². The van der Waals surface area contributed by atoms with Crippen molar-refractivity contribution in [3.05, 3.63) is 36.2 Å². The Labute approximate surface area is 101 Å². The first kappa shape index (κ1) is 11.8. The lowest BCUT2D eigenvalue weighted by Crippen LogP contribution is -2.28. The van der Waals surface area contributed by atoms with Gasteiger partial charge >= 0.3 is 0 Å². The van der Waals surface area contributed by atoms with Gasteiger partial charge in [0.2, 0.25) is 11.7 Å². The van der Waals surface area contributed by atoms with Gasteiger partial charge in [-0.1, -0.05) is 49.3 Å². The quantitative estimate of drug-likeness (QED) is 0.876. The number of aromatic nitrogens is 2. The van der Waals surface area contributed by atoms with Gasteiger partial charge in [0, 0.05) is 18.0 Å². The van der Waals surface area contributed by atoms with E-state index in [9.17, 15) is 0 Å². The molecule has 2 rings (SSSR count). The topological polar surface area (TPSA) is 64.9 Å². The molecule has 1 unspecified atom stereocenters. The smallest absolute Gasteiger partial charge is 0.228 e. The molecule has 2 N–H and O–H groups in total. The van der Waals surface area contributed by atoms with E-state index in [2.05, 4.69) is 24.0 Å². The van der Waals surface area contributed by atoms with Crippen LogP contribution in [-0.2, 0) is 6.42 Å². The standard InChI is InChI=1S/C13H17N3O/c1-9(2)11(14)8-12-15-13(16-17-12)10-6-4-3-5-7-10/h3-7,9,11H,8,14H2,1-2H3. The maximum absolute atomic E-state index is 5.97. The van der Waals surface area contributed by atoms with Crippen LogP contribution >= 0.6 is 0 Å². The zero-order valence-corrected chi connectivity index (χ0v) is 10.1. The van der Waals surface area contributed by atoms with E-state index in [1.54, 1.807) is 0 Å². The van der Waals surface area contributed by atoms with Crippen molar-refractivity contribution >= 4 is 0 Å². The number of nitrogens with two attached hydrogens (primary N) is 1.